The van der Waals surface area contributed by atoms with E-state index >= 15 is 0 Å². The normalized spacial score (nSPS) is 14.5. The summed E-state index contributed by atoms with van der Waals surface area (Å²) in [5.74, 6) is -3.36. The highest BCUT2D eigenvalue weighted by atomic mass is 16.5. The summed E-state index contributed by atoms with van der Waals surface area (Å²) < 4.78 is 5.31. The summed E-state index contributed by atoms with van der Waals surface area (Å²) in [6.45, 7) is 1.51. The van der Waals surface area contributed by atoms with E-state index in [0.717, 1.165) is 22.3 Å². The second-order valence-electron chi connectivity index (χ2n) is 6.86. The van der Waals surface area contributed by atoms with Crippen molar-refractivity contribution in [2.24, 2.45) is 5.92 Å². The number of nitrogens with one attached hydrogen (secondary N) is 1. The van der Waals surface area contributed by atoms with Gasteiger partial charge in [0.2, 0.25) is 0 Å². The molecule has 146 valence electrons. The van der Waals surface area contributed by atoms with E-state index in [9.17, 15) is 19.5 Å². The molecule has 3 N–H and O–H groups in total. The number of aliphatic carboxylic acids is 2. The van der Waals surface area contributed by atoms with E-state index < -0.39 is 30.0 Å². The first-order valence-corrected chi connectivity index (χ1v) is 8.94. The van der Waals surface area contributed by atoms with Gasteiger partial charge in [0.15, 0.2) is 0 Å². The van der Waals surface area contributed by atoms with Crippen molar-refractivity contribution in [1.29, 1.82) is 0 Å². The van der Waals surface area contributed by atoms with Gasteiger partial charge in [-0.3, -0.25) is 4.79 Å². The van der Waals surface area contributed by atoms with Crippen LogP contribution in [-0.2, 0) is 14.3 Å². The number of fused-ring (bicyclic) bond motifs is 3. The van der Waals surface area contributed by atoms with Crippen molar-refractivity contribution in [2.75, 3.05) is 6.61 Å². The molecule has 0 saturated heterocycles. The van der Waals surface area contributed by atoms with Crippen molar-refractivity contribution in [3.05, 3.63) is 59.7 Å². The molecule has 1 amide bonds. The molecule has 0 aromatic heterocycles. The summed E-state index contributed by atoms with van der Waals surface area (Å²) in [7, 11) is 0. The highest BCUT2D eigenvalue weighted by Gasteiger charge is 2.31. The molecule has 0 saturated carbocycles. The molecule has 1 aliphatic rings. The predicted molar refractivity (Wildman–Crippen MR) is 101 cm³/mol. The van der Waals surface area contributed by atoms with Gasteiger partial charge in [-0.05, 0) is 28.2 Å². The topological polar surface area (TPSA) is 113 Å². The van der Waals surface area contributed by atoms with Gasteiger partial charge < -0.3 is 20.3 Å². The lowest BCUT2D eigenvalue weighted by Gasteiger charge is -2.21. The summed E-state index contributed by atoms with van der Waals surface area (Å²) in [6.07, 6.45) is -1.26. The van der Waals surface area contributed by atoms with E-state index in [4.69, 9.17) is 9.84 Å². The highest BCUT2D eigenvalue weighted by Crippen LogP contribution is 2.44. The minimum Gasteiger partial charge on any atom is -0.481 e. The van der Waals surface area contributed by atoms with Crippen LogP contribution >= 0.6 is 0 Å². The van der Waals surface area contributed by atoms with Gasteiger partial charge in [0.1, 0.15) is 12.6 Å². The molecule has 0 radical (unpaired) electrons. The number of carboxylic acid groups (broad SMARTS) is 2. The number of alkyl carbamates (subject to hydrolysis) is 1. The number of ether oxygens (including phenoxy) is 1. The Bertz CT molecular complexity index is 864. The maximum atomic E-state index is 12.2. The fourth-order valence-corrected chi connectivity index (χ4v) is 3.61. The van der Waals surface area contributed by atoms with E-state index in [1.54, 1.807) is 0 Å². The molecule has 0 bridgehead atoms. The third-order valence-electron chi connectivity index (χ3n) is 4.95. The first-order chi connectivity index (χ1) is 13.4. The monoisotopic (exact) mass is 383 g/mol. The summed E-state index contributed by atoms with van der Waals surface area (Å²) in [5.41, 5.74) is 4.27. The van der Waals surface area contributed by atoms with Gasteiger partial charge in [-0.2, -0.15) is 0 Å². The Balaban J connectivity index is 1.69. The molecule has 7 heteroatoms. The molecule has 1 aliphatic carbocycles. The molecular formula is C21H21NO6. The number of hydrogen-bond acceptors (Lipinski definition) is 4. The van der Waals surface area contributed by atoms with Crippen molar-refractivity contribution in [1.82, 2.24) is 5.32 Å². The second kappa shape index (κ2) is 8.12. The van der Waals surface area contributed by atoms with Gasteiger partial charge in [0.05, 0.1) is 6.42 Å². The molecule has 28 heavy (non-hydrogen) atoms. The molecule has 0 spiro atoms. The highest BCUT2D eigenvalue weighted by molar-refractivity contribution is 5.82. The van der Waals surface area contributed by atoms with Crippen LogP contribution in [0.2, 0.25) is 0 Å². The lowest BCUT2D eigenvalue weighted by atomic mass is 9.98. The van der Waals surface area contributed by atoms with E-state index in [0.29, 0.717) is 0 Å². The molecular weight excluding hydrogens is 362 g/mol. The Morgan fingerprint density at radius 3 is 2.04 bits per heavy atom. The Labute approximate surface area is 162 Å². The summed E-state index contributed by atoms with van der Waals surface area (Å²) >= 11 is 0. The summed E-state index contributed by atoms with van der Waals surface area (Å²) in [6, 6.07) is 14.4. The van der Waals surface area contributed by atoms with Crippen LogP contribution in [0.15, 0.2) is 48.5 Å². The quantitative estimate of drug-likeness (QED) is 0.677. The smallest absolute Gasteiger partial charge is 0.407 e. The van der Waals surface area contributed by atoms with Crippen LogP contribution in [0, 0.1) is 5.92 Å². The fraction of sp³-hybridized carbons (Fsp3) is 0.286. The van der Waals surface area contributed by atoms with Crippen LogP contribution in [0.3, 0.4) is 0 Å². The Morgan fingerprint density at radius 1 is 1.00 bits per heavy atom. The second-order valence-corrected chi connectivity index (χ2v) is 6.86. The Kier molecular flexibility index (Phi) is 5.63. The number of amides is 1. The number of carbonyl (C=O) groups excluding carboxylic acids is 1. The molecule has 2 aromatic carbocycles. The van der Waals surface area contributed by atoms with Crippen molar-refractivity contribution in [3.63, 3.8) is 0 Å². The number of benzene rings is 2. The average molecular weight is 383 g/mol. The van der Waals surface area contributed by atoms with Crippen LogP contribution in [-0.4, -0.2) is 40.9 Å². The maximum Gasteiger partial charge on any atom is 0.407 e. The summed E-state index contributed by atoms with van der Waals surface area (Å²) in [5, 5.41) is 20.4. The molecule has 0 fully saturated rings. The SMILES string of the molecule is CC(CC(=O)O)C(NC(=O)OCC1c2ccccc2-c2ccccc21)C(=O)O. The Morgan fingerprint density at radius 2 is 1.54 bits per heavy atom. The van der Waals surface area contributed by atoms with Crippen LogP contribution in [0.5, 0.6) is 0 Å². The lowest BCUT2D eigenvalue weighted by Crippen LogP contribution is -2.46. The third kappa shape index (κ3) is 3.98. The maximum absolute atomic E-state index is 12.2. The van der Waals surface area contributed by atoms with E-state index in [1.165, 1.54) is 6.92 Å². The standard InChI is InChI=1S/C21H21NO6/c1-12(10-18(23)24)19(20(25)26)22-21(27)28-11-17-15-8-4-2-6-13(15)14-7-3-5-9-16(14)17/h2-9,12,17,19H,10-11H2,1H3,(H,22,27)(H,23,24)(H,25,26). The Hall–Kier alpha value is -3.35. The molecule has 0 heterocycles. The molecule has 3 rings (SSSR count). The molecule has 2 unspecified atom stereocenters. The van der Waals surface area contributed by atoms with Gasteiger partial charge in [0, 0.05) is 5.92 Å². The molecule has 2 aromatic rings. The van der Waals surface area contributed by atoms with E-state index in [2.05, 4.69) is 5.32 Å². The third-order valence-corrected chi connectivity index (χ3v) is 4.95. The van der Waals surface area contributed by atoms with E-state index in [1.807, 2.05) is 48.5 Å². The van der Waals surface area contributed by atoms with Gasteiger partial charge in [-0.25, -0.2) is 9.59 Å². The number of hydrogen-bond donors (Lipinski definition) is 3. The van der Waals surface area contributed by atoms with Crippen LogP contribution in [0.4, 0.5) is 4.79 Å². The van der Waals surface area contributed by atoms with Gasteiger partial charge in [-0.1, -0.05) is 55.5 Å². The van der Waals surface area contributed by atoms with E-state index in [-0.39, 0.29) is 18.9 Å². The first kappa shape index (κ1) is 19.4. The minimum absolute atomic E-state index is 0.0551. The van der Waals surface area contributed by atoms with Gasteiger partial charge in [-0.15, -0.1) is 0 Å². The first-order valence-electron chi connectivity index (χ1n) is 8.94. The van der Waals surface area contributed by atoms with Crippen molar-refractivity contribution in [3.8, 4) is 11.1 Å². The minimum atomic E-state index is -1.34. The number of rotatable bonds is 7. The largest absolute Gasteiger partial charge is 0.481 e. The summed E-state index contributed by atoms with van der Waals surface area (Å²) in [4.78, 5) is 34.4. The van der Waals surface area contributed by atoms with Crippen LogP contribution in [0.25, 0.3) is 11.1 Å². The number of carboxylic acids is 2. The molecule has 7 nitrogen and oxygen atoms in total. The van der Waals surface area contributed by atoms with Crippen LogP contribution in [0.1, 0.15) is 30.4 Å². The van der Waals surface area contributed by atoms with Crippen molar-refractivity contribution in [2.45, 2.75) is 25.3 Å². The number of carbonyl (C=O) groups is 3. The van der Waals surface area contributed by atoms with Crippen LogP contribution < -0.4 is 5.32 Å². The fourth-order valence-electron chi connectivity index (χ4n) is 3.61. The zero-order chi connectivity index (χ0) is 20.3. The molecule has 2 atom stereocenters. The lowest BCUT2D eigenvalue weighted by molar-refractivity contribution is -0.142. The molecule has 0 aliphatic heterocycles. The van der Waals surface area contributed by atoms with Crippen molar-refractivity contribution >= 4 is 18.0 Å². The van der Waals surface area contributed by atoms with Gasteiger partial charge >= 0.3 is 18.0 Å². The average Bonchev–Trinajstić information content (AvgIpc) is 2.97. The van der Waals surface area contributed by atoms with Gasteiger partial charge in [0.25, 0.3) is 0 Å². The zero-order valence-corrected chi connectivity index (χ0v) is 15.3. The van der Waals surface area contributed by atoms with Crippen molar-refractivity contribution < 1.29 is 29.3 Å². The predicted octanol–water partition coefficient (Wildman–Crippen LogP) is 3.09. The zero-order valence-electron chi connectivity index (χ0n) is 15.3.